The fourth-order valence-corrected chi connectivity index (χ4v) is 3.30. The van der Waals surface area contributed by atoms with Gasteiger partial charge in [0.25, 0.3) is 0 Å². The lowest BCUT2D eigenvalue weighted by Gasteiger charge is -2.02. The number of nitrogens with zero attached hydrogens (tertiary/aromatic N) is 3. The molecule has 0 aliphatic heterocycles. The van der Waals surface area contributed by atoms with E-state index >= 15 is 0 Å². The molecule has 2 aromatic heterocycles. The van der Waals surface area contributed by atoms with Crippen LogP contribution in [-0.2, 0) is 0 Å². The Morgan fingerprint density at radius 2 is 1.70 bits per heavy atom. The van der Waals surface area contributed by atoms with Crippen LogP contribution in [0.3, 0.4) is 0 Å². The molecule has 0 saturated heterocycles. The van der Waals surface area contributed by atoms with Gasteiger partial charge in [0.1, 0.15) is 16.9 Å². The topological polar surface area (TPSA) is 54.5 Å². The van der Waals surface area contributed by atoms with Gasteiger partial charge in [-0.05, 0) is 24.3 Å². The van der Waals surface area contributed by atoms with Crippen molar-refractivity contribution in [1.29, 1.82) is 0 Å². The molecule has 0 amide bonds. The van der Waals surface area contributed by atoms with Crippen LogP contribution in [-0.4, -0.2) is 31.4 Å². The Kier molecular flexibility index (Phi) is 7.22. The zero-order chi connectivity index (χ0) is 14.0. The number of nitrogens with one attached hydrogen (secondary N) is 1. The Morgan fingerprint density at radius 3 is 2.50 bits per heavy atom. The highest BCUT2D eigenvalue weighted by Crippen LogP contribution is 2.23. The second kappa shape index (κ2) is 9.23. The monoisotopic (exact) mass is 310 g/mol. The molecule has 0 spiro atoms. The van der Waals surface area contributed by atoms with E-state index in [2.05, 4.69) is 32.6 Å². The van der Waals surface area contributed by atoms with Crippen LogP contribution in [0.15, 0.2) is 17.7 Å². The molecule has 20 heavy (non-hydrogen) atoms. The van der Waals surface area contributed by atoms with Crippen molar-refractivity contribution in [2.24, 2.45) is 0 Å². The normalized spacial score (nSPS) is 11.2. The second-order valence-corrected chi connectivity index (χ2v) is 6.36. The predicted molar refractivity (Wildman–Crippen MR) is 88.6 cm³/mol. The Morgan fingerprint density at radius 1 is 0.950 bits per heavy atom. The van der Waals surface area contributed by atoms with E-state index in [0.29, 0.717) is 0 Å². The van der Waals surface area contributed by atoms with Crippen molar-refractivity contribution in [2.75, 3.05) is 11.5 Å². The van der Waals surface area contributed by atoms with Gasteiger partial charge in [-0.25, -0.2) is 15.0 Å². The summed E-state index contributed by atoms with van der Waals surface area (Å²) in [5.41, 5.74) is 1.72. The van der Waals surface area contributed by atoms with Gasteiger partial charge in [0, 0.05) is 0 Å². The summed E-state index contributed by atoms with van der Waals surface area (Å²) in [5.74, 6) is 2.14. The van der Waals surface area contributed by atoms with E-state index < -0.39 is 0 Å². The van der Waals surface area contributed by atoms with Crippen LogP contribution in [0.4, 0.5) is 0 Å². The number of aromatic amines is 1. The maximum atomic E-state index is 4.32. The van der Waals surface area contributed by atoms with Gasteiger partial charge in [0.05, 0.1) is 6.33 Å². The molecule has 0 fully saturated rings. The summed E-state index contributed by atoms with van der Waals surface area (Å²) in [7, 11) is 0. The molecule has 0 unspecified atom stereocenters. The molecule has 0 atom stereocenters. The van der Waals surface area contributed by atoms with Crippen LogP contribution in [0.5, 0.6) is 0 Å². The van der Waals surface area contributed by atoms with Crippen LogP contribution in [0, 0.1) is 0 Å². The first kappa shape index (κ1) is 15.6. The highest BCUT2D eigenvalue weighted by atomic mass is 32.2. The minimum atomic E-state index is 0.756. The molecule has 0 saturated carbocycles. The molecule has 0 aliphatic carbocycles. The standard InChI is InChI=1S/C14H22N4S2/c19-8-6-4-2-1-3-5-7-9-20-14-12-13(16-10-15-12)17-11-18-14/h10-11,19H,1-9H2,(H,15,16,17,18). The third kappa shape index (κ3) is 4.98. The Balaban J connectivity index is 1.58. The lowest BCUT2D eigenvalue weighted by molar-refractivity contribution is 0.605. The first-order valence-electron chi connectivity index (χ1n) is 7.29. The number of rotatable bonds is 10. The molecule has 0 aliphatic rings. The number of hydrogen-bond acceptors (Lipinski definition) is 5. The quantitative estimate of drug-likeness (QED) is 0.300. The molecule has 0 aromatic carbocycles. The lowest BCUT2D eigenvalue weighted by Crippen LogP contribution is -1.88. The lowest BCUT2D eigenvalue weighted by atomic mass is 10.1. The first-order valence-corrected chi connectivity index (χ1v) is 8.91. The number of thiol groups is 1. The van der Waals surface area contributed by atoms with Gasteiger partial charge in [-0.2, -0.15) is 12.6 Å². The summed E-state index contributed by atoms with van der Waals surface area (Å²) >= 11 is 6.02. The number of thioether (sulfide) groups is 1. The van der Waals surface area contributed by atoms with E-state index in [1.807, 2.05) is 0 Å². The molecule has 6 heteroatoms. The molecule has 1 N–H and O–H groups in total. The summed E-state index contributed by atoms with van der Waals surface area (Å²) < 4.78 is 0. The van der Waals surface area contributed by atoms with Crippen LogP contribution >= 0.6 is 24.4 Å². The maximum absolute atomic E-state index is 4.32. The van der Waals surface area contributed by atoms with Gasteiger partial charge in [0.15, 0.2) is 5.65 Å². The van der Waals surface area contributed by atoms with Gasteiger partial charge >= 0.3 is 0 Å². The van der Waals surface area contributed by atoms with Crippen molar-refractivity contribution in [3.63, 3.8) is 0 Å². The zero-order valence-corrected chi connectivity index (χ0v) is 13.4. The van der Waals surface area contributed by atoms with Crippen molar-refractivity contribution in [3.8, 4) is 0 Å². The fourth-order valence-electron chi connectivity index (χ4n) is 2.12. The Bertz CT molecular complexity index is 501. The van der Waals surface area contributed by atoms with Gasteiger partial charge in [-0.1, -0.05) is 32.1 Å². The number of H-pyrrole nitrogens is 1. The van der Waals surface area contributed by atoms with E-state index in [9.17, 15) is 0 Å². The summed E-state index contributed by atoms with van der Waals surface area (Å²) in [6.45, 7) is 0. The van der Waals surface area contributed by atoms with Crippen molar-refractivity contribution >= 4 is 35.6 Å². The fraction of sp³-hybridized carbons (Fsp3) is 0.643. The molecule has 2 heterocycles. The number of hydrogen-bond donors (Lipinski definition) is 2. The van der Waals surface area contributed by atoms with E-state index in [1.165, 1.54) is 44.9 Å². The van der Waals surface area contributed by atoms with E-state index in [-0.39, 0.29) is 0 Å². The highest BCUT2D eigenvalue weighted by molar-refractivity contribution is 7.99. The van der Waals surface area contributed by atoms with Gasteiger partial charge < -0.3 is 4.98 Å². The van der Waals surface area contributed by atoms with Gasteiger partial charge in [-0.15, -0.1) is 11.8 Å². The van der Waals surface area contributed by atoms with Crippen molar-refractivity contribution < 1.29 is 0 Å². The smallest absolute Gasteiger partial charge is 0.181 e. The average Bonchev–Trinajstić information content (AvgIpc) is 2.95. The first-order chi connectivity index (χ1) is 9.92. The van der Waals surface area contributed by atoms with Crippen molar-refractivity contribution in [3.05, 3.63) is 12.7 Å². The van der Waals surface area contributed by atoms with E-state index in [4.69, 9.17) is 0 Å². The third-order valence-electron chi connectivity index (χ3n) is 3.23. The van der Waals surface area contributed by atoms with Crippen LogP contribution in [0.2, 0.25) is 0 Å². The number of fused-ring (bicyclic) bond motifs is 1. The summed E-state index contributed by atoms with van der Waals surface area (Å²) in [6.07, 6.45) is 12.5. The molecule has 4 nitrogen and oxygen atoms in total. The summed E-state index contributed by atoms with van der Waals surface area (Å²) in [4.78, 5) is 15.7. The molecule has 0 bridgehead atoms. The summed E-state index contributed by atoms with van der Waals surface area (Å²) in [5, 5.41) is 1.02. The van der Waals surface area contributed by atoms with Crippen molar-refractivity contribution in [2.45, 2.75) is 50.0 Å². The minimum Gasteiger partial charge on any atom is -0.341 e. The number of imidazole rings is 1. The predicted octanol–water partition coefficient (Wildman–Crippen LogP) is 4.11. The Hall–Kier alpha value is -0.750. The molecular weight excluding hydrogens is 288 g/mol. The molecule has 2 rings (SSSR count). The number of aromatic nitrogens is 4. The average molecular weight is 310 g/mol. The van der Waals surface area contributed by atoms with E-state index in [0.717, 1.165) is 27.7 Å². The third-order valence-corrected chi connectivity index (χ3v) is 4.62. The second-order valence-electron chi connectivity index (χ2n) is 4.83. The molecular formula is C14H22N4S2. The SMILES string of the molecule is SCCCCCCCCCSc1ncnc2nc[nH]c12. The molecule has 0 radical (unpaired) electrons. The Labute approximate surface area is 130 Å². The minimum absolute atomic E-state index is 0.756. The molecule has 2 aromatic rings. The summed E-state index contributed by atoms with van der Waals surface area (Å²) in [6, 6.07) is 0. The highest BCUT2D eigenvalue weighted by Gasteiger charge is 2.05. The van der Waals surface area contributed by atoms with Crippen LogP contribution < -0.4 is 0 Å². The van der Waals surface area contributed by atoms with Gasteiger partial charge in [0.2, 0.25) is 0 Å². The molecule has 110 valence electrons. The maximum Gasteiger partial charge on any atom is 0.181 e. The number of unbranched alkanes of at least 4 members (excludes halogenated alkanes) is 6. The van der Waals surface area contributed by atoms with Crippen LogP contribution in [0.25, 0.3) is 11.2 Å². The van der Waals surface area contributed by atoms with Crippen LogP contribution in [0.1, 0.15) is 44.9 Å². The van der Waals surface area contributed by atoms with Crippen molar-refractivity contribution in [1.82, 2.24) is 19.9 Å². The largest absolute Gasteiger partial charge is 0.341 e. The van der Waals surface area contributed by atoms with E-state index in [1.54, 1.807) is 24.4 Å². The van der Waals surface area contributed by atoms with Gasteiger partial charge in [-0.3, -0.25) is 0 Å². The zero-order valence-electron chi connectivity index (χ0n) is 11.7.